The first kappa shape index (κ1) is 26.8. The molecule has 44 heavy (non-hydrogen) atoms. The van der Waals surface area contributed by atoms with Gasteiger partial charge >= 0.3 is 0 Å². The summed E-state index contributed by atoms with van der Waals surface area (Å²) in [6, 6.07) is 41.7. The lowest BCUT2D eigenvalue weighted by molar-refractivity contribution is 0.669. The minimum Gasteiger partial charge on any atom is -0.456 e. The quantitative estimate of drug-likeness (QED) is 0.241. The van der Waals surface area contributed by atoms with E-state index < -0.39 is 0 Å². The lowest BCUT2D eigenvalue weighted by Gasteiger charge is -2.24. The summed E-state index contributed by atoms with van der Waals surface area (Å²) in [5, 5.41) is 7.46. The Morgan fingerprint density at radius 3 is 1.48 bits per heavy atom. The Bertz CT molecular complexity index is 2370. The molecule has 0 amide bonds. The molecule has 0 radical (unpaired) electrons. The van der Waals surface area contributed by atoms with Gasteiger partial charge in [-0.05, 0) is 73.1 Å². The van der Waals surface area contributed by atoms with Gasteiger partial charge in [-0.15, -0.1) is 16.4 Å². The van der Waals surface area contributed by atoms with E-state index in [1.165, 1.54) is 87.6 Å². The van der Waals surface area contributed by atoms with Crippen LogP contribution < -0.4 is 27.3 Å². The second-order valence-corrected chi connectivity index (χ2v) is 12.2. The summed E-state index contributed by atoms with van der Waals surface area (Å²) >= 11 is 0. The average Bonchev–Trinajstić information content (AvgIpc) is 3.45. The summed E-state index contributed by atoms with van der Waals surface area (Å²) in [6.07, 6.45) is 0. The number of benzene rings is 7. The molecular weight excluding hydrogens is 526 g/mol. The third-order valence-corrected chi connectivity index (χ3v) is 10.0. The lowest BCUT2D eigenvalue weighted by atomic mass is 9.59. The van der Waals surface area contributed by atoms with Gasteiger partial charge in [-0.25, -0.2) is 0 Å². The lowest BCUT2D eigenvalue weighted by Crippen LogP contribution is -2.55. The molecule has 202 valence electrons. The monoisotopic (exact) mass is 556 g/mol. The Morgan fingerprint density at radius 2 is 0.841 bits per heavy atom. The highest BCUT2D eigenvalue weighted by molar-refractivity contribution is 6.69. The van der Waals surface area contributed by atoms with Crippen LogP contribution in [0.5, 0.6) is 0 Å². The highest BCUT2D eigenvalue weighted by Gasteiger charge is 2.21. The Morgan fingerprint density at radius 1 is 0.364 bits per heavy atom. The Hall–Kier alpha value is -4.82. The van der Waals surface area contributed by atoms with E-state index in [0.29, 0.717) is 0 Å². The van der Waals surface area contributed by atoms with Crippen molar-refractivity contribution in [2.24, 2.45) is 0 Å². The van der Waals surface area contributed by atoms with E-state index in [1.807, 2.05) is 6.07 Å². The van der Waals surface area contributed by atoms with Crippen molar-refractivity contribution in [2.45, 2.75) is 0 Å². The summed E-state index contributed by atoms with van der Waals surface area (Å²) in [5.41, 5.74) is 16.3. The molecule has 0 saturated heterocycles. The van der Waals surface area contributed by atoms with Crippen LogP contribution >= 0.6 is 0 Å². The van der Waals surface area contributed by atoms with E-state index in [4.69, 9.17) is 4.42 Å². The van der Waals surface area contributed by atoms with Crippen molar-refractivity contribution in [1.82, 2.24) is 0 Å². The molecule has 1 heterocycles. The fourth-order valence-corrected chi connectivity index (χ4v) is 7.44. The van der Waals surface area contributed by atoms with Gasteiger partial charge in [0.05, 0.1) is 0 Å². The molecular formula is C38H29B5O. The second kappa shape index (κ2) is 10.1. The van der Waals surface area contributed by atoms with Crippen molar-refractivity contribution in [3.8, 4) is 33.4 Å². The number of fused-ring (bicyclic) bond motifs is 5. The van der Waals surface area contributed by atoms with Crippen molar-refractivity contribution < 1.29 is 4.42 Å². The van der Waals surface area contributed by atoms with E-state index in [0.717, 1.165) is 16.6 Å². The normalized spacial score (nSPS) is 11.6. The third kappa shape index (κ3) is 3.87. The maximum Gasteiger partial charge on any atom is 0.139 e. The van der Waals surface area contributed by atoms with Gasteiger partial charge in [0.25, 0.3) is 0 Å². The molecule has 8 rings (SSSR count). The van der Waals surface area contributed by atoms with Crippen LogP contribution in [0.1, 0.15) is 0 Å². The standard InChI is InChI=1S/C38H29B5O/c39-34-33(35(40)37(42)38(43)36(34)41)32-25-13-3-1-11-23(25)30(24-12-2-4-14-26(24)32)21-10-7-9-20(19-21)22-16-8-18-29-31(22)27-15-5-6-17-28(27)44-29/h1-19H,39-43H2. The van der Waals surface area contributed by atoms with E-state index in [1.54, 1.807) is 0 Å². The fourth-order valence-electron chi connectivity index (χ4n) is 7.44. The van der Waals surface area contributed by atoms with Crippen molar-refractivity contribution >= 4 is 110 Å². The summed E-state index contributed by atoms with van der Waals surface area (Å²) in [4.78, 5) is 0. The first-order valence-corrected chi connectivity index (χ1v) is 15.5. The number of furan rings is 1. The Balaban J connectivity index is 1.45. The molecule has 8 aromatic rings. The smallest absolute Gasteiger partial charge is 0.139 e. The van der Waals surface area contributed by atoms with Gasteiger partial charge in [-0.2, -0.15) is 0 Å². The summed E-state index contributed by atoms with van der Waals surface area (Å²) in [7, 11) is 11.4. The number of para-hydroxylation sites is 1. The molecule has 0 aliphatic rings. The average molecular weight is 556 g/mol. The van der Waals surface area contributed by atoms with Gasteiger partial charge in [-0.1, -0.05) is 108 Å². The maximum atomic E-state index is 6.24. The predicted octanol–water partition coefficient (Wildman–Crippen LogP) is 2.19. The van der Waals surface area contributed by atoms with Gasteiger partial charge in [0.2, 0.25) is 0 Å². The van der Waals surface area contributed by atoms with Crippen LogP contribution in [0, 0.1) is 0 Å². The molecule has 0 unspecified atom stereocenters. The zero-order chi connectivity index (χ0) is 30.1. The van der Waals surface area contributed by atoms with Gasteiger partial charge in [0.1, 0.15) is 50.4 Å². The molecule has 0 bridgehead atoms. The molecule has 0 N–H and O–H groups in total. The molecule has 0 atom stereocenters. The highest BCUT2D eigenvalue weighted by Crippen LogP contribution is 2.44. The van der Waals surface area contributed by atoms with Crippen LogP contribution in [0.4, 0.5) is 0 Å². The predicted molar refractivity (Wildman–Crippen MR) is 206 cm³/mol. The SMILES string of the molecule is Bc1c(B)c(B)c(-c2c3ccccc3c(-c3cccc(-c4cccc5oc6ccccc6c45)c3)c3ccccc23)c(B)c1B. The van der Waals surface area contributed by atoms with E-state index >= 15 is 0 Å². The topological polar surface area (TPSA) is 13.1 Å². The van der Waals surface area contributed by atoms with Gasteiger partial charge in [0, 0.05) is 10.8 Å². The van der Waals surface area contributed by atoms with Crippen LogP contribution in [0.25, 0.3) is 76.9 Å². The number of hydrogen-bond acceptors (Lipinski definition) is 1. The van der Waals surface area contributed by atoms with Crippen LogP contribution in [-0.4, -0.2) is 39.2 Å². The summed E-state index contributed by atoms with van der Waals surface area (Å²) < 4.78 is 6.24. The molecule has 6 heteroatoms. The van der Waals surface area contributed by atoms with Crippen LogP contribution in [0.15, 0.2) is 120 Å². The first-order valence-electron chi connectivity index (χ1n) is 15.5. The van der Waals surface area contributed by atoms with Gasteiger partial charge < -0.3 is 4.42 Å². The van der Waals surface area contributed by atoms with E-state index in [9.17, 15) is 0 Å². The Kier molecular flexibility index (Phi) is 6.17. The summed E-state index contributed by atoms with van der Waals surface area (Å²) in [5.74, 6) is 0. The molecule has 0 spiro atoms. The van der Waals surface area contributed by atoms with E-state index in [2.05, 4.69) is 148 Å². The maximum absolute atomic E-state index is 6.24. The van der Waals surface area contributed by atoms with Crippen molar-refractivity contribution in [1.29, 1.82) is 0 Å². The fraction of sp³-hybridized carbons (Fsp3) is 0. The highest BCUT2D eigenvalue weighted by atomic mass is 16.3. The van der Waals surface area contributed by atoms with Crippen molar-refractivity contribution in [2.75, 3.05) is 0 Å². The third-order valence-electron chi connectivity index (χ3n) is 10.0. The molecule has 0 fully saturated rings. The zero-order valence-electron chi connectivity index (χ0n) is 25.9. The molecule has 0 aliphatic carbocycles. The van der Waals surface area contributed by atoms with E-state index in [-0.39, 0.29) is 0 Å². The Labute approximate surface area is 262 Å². The summed E-state index contributed by atoms with van der Waals surface area (Å²) in [6.45, 7) is 0. The van der Waals surface area contributed by atoms with Crippen LogP contribution in [0.2, 0.25) is 0 Å². The molecule has 0 aliphatic heterocycles. The van der Waals surface area contributed by atoms with Crippen molar-refractivity contribution in [3.05, 3.63) is 115 Å². The van der Waals surface area contributed by atoms with Crippen molar-refractivity contribution in [3.63, 3.8) is 0 Å². The van der Waals surface area contributed by atoms with Crippen LogP contribution in [-0.2, 0) is 0 Å². The van der Waals surface area contributed by atoms with Gasteiger partial charge in [0.15, 0.2) is 0 Å². The molecule has 1 aromatic heterocycles. The van der Waals surface area contributed by atoms with Gasteiger partial charge in [-0.3, -0.25) is 0 Å². The molecule has 0 saturated carbocycles. The minimum atomic E-state index is 0.920. The minimum absolute atomic E-state index is 0.920. The van der Waals surface area contributed by atoms with Crippen LogP contribution in [0.3, 0.4) is 0 Å². The zero-order valence-corrected chi connectivity index (χ0v) is 25.9. The second-order valence-electron chi connectivity index (χ2n) is 12.2. The first-order chi connectivity index (χ1) is 21.4. The molecule has 1 nitrogen and oxygen atoms in total. The largest absolute Gasteiger partial charge is 0.456 e. The number of hydrogen-bond donors (Lipinski definition) is 0. The molecule has 7 aromatic carbocycles. The number of rotatable bonds is 3.